The summed E-state index contributed by atoms with van der Waals surface area (Å²) < 4.78 is 4.92. The van der Waals surface area contributed by atoms with E-state index >= 15 is 0 Å². The molecule has 0 bridgehead atoms. The Morgan fingerprint density at radius 2 is 2.37 bits per heavy atom. The topological polar surface area (TPSA) is 144 Å². The molecule has 0 aliphatic rings. The maximum absolute atomic E-state index is 11.2. The zero-order chi connectivity index (χ0) is 14.0. The Morgan fingerprint density at radius 1 is 1.63 bits per heavy atom. The molecule has 2 heterocycles. The van der Waals surface area contributed by atoms with Crippen LogP contribution in [0.4, 0.5) is 10.7 Å². The Bertz CT molecular complexity index is 668. The summed E-state index contributed by atoms with van der Waals surface area (Å²) >= 11 is 1.02. The summed E-state index contributed by atoms with van der Waals surface area (Å²) in [6, 6.07) is 1.93. The van der Waals surface area contributed by atoms with Crippen molar-refractivity contribution in [2.24, 2.45) is 5.73 Å². The summed E-state index contributed by atoms with van der Waals surface area (Å²) in [6.45, 7) is 1.93. The fourth-order valence-corrected chi connectivity index (χ4v) is 2.35. The van der Waals surface area contributed by atoms with Crippen molar-refractivity contribution in [1.82, 2.24) is 10.1 Å². The first-order valence-electron chi connectivity index (χ1n) is 5.18. The predicted octanol–water partition coefficient (Wildman–Crippen LogP) is 0.604. The van der Waals surface area contributed by atoms with Crippen LogP contribution < -0.4 is 16.8 Å². The van der Waals surface area contributed by atoms with Gasteiger partial charge in [0.25, 0.3) is 5.91 Å². The molecule has 98 valence electrons. The molecule has 0 spiro atoms. The van der Waals surface area contributed by atoms with E-state index in [1.807, 2.05) is 6.07 Å². The molecule has 8 nitrogen and oxygen atoms in total. The molecule has 2 aromatic heterocycles. The highest BCUT2D eigenvalue weighted by atomic mass is 32.1. The Balaban J connectivity index is 2.23. The van der Waals surface area contributed by atoms with Crippen LogP contribution in [-0.2, 0) is 6.54 Å². The van der Waals surface area contributed by atoms with Crippen LogP contribution in [-0.4, -0.2) is 16.0 Å². The largest absolute Gasteiger partial charge is 0.396 e. The van der Waals surface area contributed by atoms with Gasteiger partial charge in [-0.05, 0) is 6.92 Å². The third-order valence-corrected chi connectivity index (χ3v) is 3.43. The number of anilines is 2. The Morgan fingerprint density at radius 3 is 2.89 bits per heavy atom. The Hall–Kier alpha value is -2.60. The summed E-state index contributed by atoms with van der Waals surface area (Å²) in [5, 5.41) is 16.0. The average Bonchev–Trinajstić information content (AvgIpc) is 2.90. The molecule has 0 saturated heterocycles. The summed E-state index contributed by atoms with van der Waals surface area (Å²) in [5.41, 5.74) is 11.1. The Kier molecular flexibility index (Phi) is 3.35. The maximum Gasteiger partial charge on any atom is 0.261 e. The van der Waals surface area contributed by atoms with E-state index in [-0.39, 0.29) is 22.7 Å². The second-order valence-corrected chi connectivity index (χ2v) is 4.63. The zero-order valence-corrected chi connectivity index (χ0v) is 10.7. The van der Waals surface area contributed by atoms with Crippen LogP contribution in [0.25, 0.3) is 0 Å². The van der Waals surface area contributed by atoms with Gasteiger partial charge >= 0.3 is 0 Å². The molecule has 1 amide bonds. The summed E-state index contributed by atoms with van der Waals surface area (Å²) in [7, 11) is 0. The first-order valence-corrected chi connectivity index (χ1v) is 5.99. The Labute approximate surface area is 112 Å². The molecule has 19 heavy (non-hydrogen) atoms. The fourth-order valence-electron chi connectivity index (χ4n) is 1.43. The van der Waals surface area contributed by atoms with Crippen molar-refractivity contribution in [2.45, 2.75) is 13.5 Å². The number of amides is 1. The van der Waals surface area contributed by atoms with Gasteiger partial charge in [-0.15, -0.1) is 11.3 Å². The molecule has 0 aromatic carbocycles. The minimum absolute atomic E-state index is 0.0872. The van der Waals surface area contributed by atoms with Crippen LogP contribution >= 0.6 is 11.3 Å². The van der Waals surface area contributed by atoms with Gasteiger partial charge in [0.05, 0.1) is 12.2 Å². The van der Waals surface area contributed by atoms with E-state index in [1.165, 1.54) is 0 Å². The van der Waals surface area contributed by atoms with Gasteiger partial charge in [-0.2, -0.15) is 10.2 Å². The third-order valence-electron chi connectivity index (χ3n) is 2.25. The maximum atomic E-state index is 11.2. The molecule has 0 aliphatic heterocycles. The van der Waals surface area contributed by atoms with Gasteiger partial charge in [-0.25, -0.2) is 0 Å². The van der Waals surface area contributed by atoms with E-state index in [0.717, 1.165) is 11.3 Å². The lowest BCUT2D eigenvalue weighted by molar-refractivity contribution is 0.100. The van der Waals surface area contributed by atoms with Gasteiger partial charge in [-0.1, -0.05) is 5.16 Å². The lowest BCUT2D eigenvalue weighted by atomic mass is 10.2. The van der Waals surface area contributed by atoms with E-state index in [2.05, 4.69) is 15.5 Å². The third kappa shape index (κ3) is 2.48. The number of nitrogens with two attached hydrogens (primary N) is 2. The van der Waals surface area contributed by atoms with Gasteiger partial charge in [0.15, 0.2) is 5.82 Å². The van der Waals surface area contributed by atoms with Crippen LogP contribution in [0.2, 0.25) is 0 Å². The summed E-state index contributed by atoms with van der Waals surface area (Å²) in [6.07, 6.45) is 0. The molecule has 0 radical (unpaired) electrons. The highest BCUT2D eigenvalue weighted by Gasteiger charge is 2.19. The number of hydrogen-bond donors (Lipinski definition) is 3. The fraction of sp³-hybridized carbons (Fsp3) is 0.200. The van der Waals surface area contributed by atoms with E-state index in [1.54, 1.807) is 6.92 Å². The van der Waals surface area contributed by atoms with E-state index < -0.39 is 5.91 Å². The van der Waals surface area contributed by atoms with E-state index in [4.69, 9.17) is 21.3 Å². The van der Waals surface area contributed by atoms with Gasteiger partial charge < -0.3 is 21.3 Å². The molecular formula is C10H10N6O2S. The van der Waals surface area contributed by atoms with Gasteiger partial charge in [0, 0.05) is 0 Å². The van der Waals surface area contributed by atoms with Crippen molar-refractivity contribution in [1.29, 1.82) is 5.26 Å². The average molecular weight is 278 g/mol. The van der Waals surface area contributed by atoms with E-state index in [0.29, 0.717) is 16.7 Å². The van der Waals surface area contributed by atoms with Crippen molar-refractivity contribution in [3.63, 3.8) is 0 Å². The lowest BCUT2D eigenvalue weighted by Crippen LogP contribution is -2.10. The standard InChI is InChI=1S/C10H10N6O2S/c1-4-15-6(18-16-4)3-14-10-5(2-11)7(12)8(19-10)9(13)17/h14H,3,12H2,1H3,(H2,13,17). The first-order chi connectivity index (χ1) is 9.02. The minimum atomic E-state index is -0.666. The van der Waals surface area contributed by atoms with Gasteiger partial charge in [-0.3, -0.25) is 4.79 Å². The summed E-state index contributed by atoms with van der Waals surface area (Å²) in [5.74, 6) is 0.218. The number of thiophene rings is 1. The highest BCUT2D eigenvalue weighted by Crippen LogP contribution is 2.34. The van der Waals surface area contributed by atoms with Crippen molar-refractivity contribution in [3.05, 3.63) is 22.2 Å². The first kappa shape index (κ1) is 12.8. The number of nitrogen functional groups attached to an aromatic ring is 1. The molecule has 0 atom stereocenters. The highest BCUT2D eigenvalue weighted by molar-refractivity contribution is 7.18. The molecule has 2 rings (SSSR count). The number of nitrogens with one attached hydrogen (secondary N) is 1. The quantitative estimate of drug-likeness (QED) is 0.742. The molecule has 0 saturated carbocycles. The second kappa shape index (κ2) is 4.95. The molecule has 2 aromatic rings. The molecule has 0 fully saturated rings. The number of hydrogen-bond acceptors (Lipinski definition) is 8. The second-order valence-electron chi connectivity index (χ2n) is 3.61. The van der Waals surface area contributed by atoms with Crippen molar-refractivity contribution < 1.29 is 9.32 Å². The number of carbonyl (C=O) groups is 1. The van der Waals surface area contributed by atoms with Gasteiger partial charge in [0.1, 0.15) is 21.5 Å². The lowest BCUT2D eigenvalue weighted by Gasteiger charge is -1.99. The summed E-state index contributed by atoms with van der Waals surface area (Å²) in [4.78, 5) is 15.3. The molecular weight excluding hydrogens is 268 g/mol. The molecule has 5 N–H and O–H groups in total. The smallest absolute Gasteiger partial charge is 0.261 e. The number of aromatic nitrogens is 2. The van der Waals surface area contributed by atoms with Gasteiger partial charge in [0.2, 0.25) is 5.89 Å². The number of nitriles is 1. The molecule has 0 aliphatic carbocycles. The number of rotatable bonds is 4. The van der Waals surface area contributed by atoms with Crippen molar-refractivity contribution >= 4 is 27.9 Å². The number of primary amides is 1. The molecule has 0 unspecified atom stereocenters. The van der Waals surface area contributed by atoms with Crippen molar-refractivity contribution in [3.8, 4) is 6.07 Å². The van der Waals surface area contributed by atoms with Crippen LogP contribution in [0.1, 0.15) is 27.0 Å². The van der Waals surface area contributed by atoms with E-state index in [9.17, 15) is 4.79 Å². The van der Waals surface area contributed by atoms with Crippen LogP contribution in [0.3, 0.4) is 0 Å². The number of carbonyl (C=O) groups excluding carboxylic acids is 1. The monoisotopic (exact) mass is 278 g/mol. The van der Waals surface area contributed by atoms with Crippen LogP contribution in [0, 0.1) is 18.3 Å². The number of nitrogens with zero attached hydrogens (tertiary/aromatic N) is 3. The number of aryl methyl sites for hydroxylation is 1. The van der Waals surface area contributed by atoms with Crippen LogP contribution in [0.15, 0.2) is 4.52 Å². The zero-order valence-electron chi connectivity index (χ0n) is 9.93. The molecule has 9 heteroatoms. The minimum Gasteiger partial charge on any atom is -0.396 e. The predicted molar refractivity (Wildman–Crippen MR) is 68.3 cm³/mol. The van der Waals surface area contributed by atoms with Crippen LogP contribution in [0.5, 0.6) is 0 Å². The SMILES string of the molecule is Cc1noc(CNc2sc(C(N)=O)c(N)c2C#N)n1. The van der Waals surface area contributed by atoms with Crippen molar-refractivity contribution in [2.75, 3.05) is 11.1 Å². The normalized spacial score (nSPS) is 10.1.